The van der Waals surface area contributed by atoms with E-state index >= 15 is 0 Å². The summed E-state index contributed by atoms with van der Waals surface area (Å²) in [4.78, 5) is 22.1. The standard InChI is InChI=1S/C12H9Cl2N3O2.C3Cl3N3.CH4/c13-11-15-10(16-12(14)17-11)6-7-1-2-8-9(5-7)19-4-3-18-8;4-1-7-2(5)9-3(6)8-1;/h1-2,5H,3-4,6H2;;1H4. The normalized spacial score (nSPS) is 11.8. The van der Waals surface area contributed by atoms with Gasteiger partial charge in [0.1, 0.15) is 19.0 Å². The van der Waals surface area contributed by atoms with Crippen molar-refractivity contribution in [2.24, 2.45) is 0 Å². The van der Waals surface area contributed by atoms with Gasteiger partial charge < -0.3 is 9.47 Å². The molecule has 4 rings (SSSR count). The van der Waals surface area contributed by atoms with Gasteiger partial charge in [0.2, 0.25) is 26.4 Å². The minimum atomic E-state index is 0. The number of hydrogen-bond donors (Lipinski definition) is 0. The molecule has 3 heterocycles. The number of rotatable bonds is 2. The molecule has 0 unspecified atom stereocenters. The van der Waals surface area contributed by atoms with Crippen LogP contribution in [0.4, 0.5) is 0 Å². The van der Waals surface area contributed by atoms with E-state index in [0.29, 0.717) is 25.5 Å². The van der Waals surface area contributed by atoms with E-state index in [1.54, 1.807) is 0 Å². The number of nitrogens with zero attached hydrogens (tertiary/aromatic N) is 6. The third-order valence-corrected chi connectivity index (χ3v) is 3.99. The molecule has 1 aromatic carbocycles. The molecule has 8 nitrogen and oxygen atoms in total. The molecule has 0 aliphatic carbocycles. The van der Waals surface area contributed by atoms with Crippen LogP contribution in [0.1, 0.15) is 18.8 Å². The molecule has 0 radical (unpaired) electrons. The molecule has 0 spiro atoms. The second kappa shape index (κ2) is 10.9. The van der Waals surface area contributed by atoms with E-state index in [0.717, 1.165) is 17.1 Å². The third-order valence-electron chi connectivity index (χ3n) is 3.15. The Morgan fingerprint density at radius 2 is 1.10 bits per heavy atom. The molecule has 0 amide bonds. The number of fused-ring (bicyclic) bond motifs is 1. The van der Waals surface area contributed by atoms with Crippen molar-refractivity contribution in [1.29, 1.82) is 0 Å². The predicted molar refractivity (Wildman–Crippen MR) is 112 cm³/mol. The van der Waals surface area contributed by atoms with Crippen molar-refractivity contribution >= 4 is 58.0 Å². The van der Waals surface area contributed by atoms with Crippen LogP contribution < -0.4 is 9.47 Å². The predicted octanol–water partition coefficient (Wildman–Crippen LogP) is 5.01. The fourth-order valence-corrected chi connectivity index (χ4v) is 3.14. The molecule has 0 atom stereocenters. The third kappa shape index (κ3) is 7.24. The Balaban J connectivity index is 0.000000255. The van der Waals surface area contributed by atoms with Crippen LogP contribution in [0.3, 0.4) is 0 Å². The molecule has 0 saturated heterocycles. The van der Waals surface area contributed by atoms with Crippen molar-refractivity contribution in [2.45, 2.75) is 13.8 Å². The van der Waals surface area contributed by atoms with Crippen molar-refractivity contribution in [3.8, 4) is 11.5 Å². The van der Waals surface area contributed by atoms with E-state index in [4.69, 9.17) is 67.5 Å². The van der Waals surface area contributed by atoms with E-state index in [1.807, 2.05) is 18.2 Å². The summed E-state index contributed by atoms with van der Waals surface area (Å²) < 4.78 is 11.0. The maximum Gasteiger partial charge on any atom is 0.227 e. The molecule has 13 heteroatoms. The number of halogens is 5. The second-order valence-electron chi connectivity index (χ2n) is 5.09. The van der Waals surface area contributed by atoms with Crippen LogP contribution in [0, 0.1) is 0 Å². The summed E-state index contributed by atoms with van der Waals surface area (Å²) in [6.07, 6.45) is 0.499. The van der Waals surface area contributed by atoms with Gasteiger partial charge in [0.25, 0.3) is 0 Å². The Hall–Kier alpha value is -1.71. The molecule has 3 aromatic rings. The lowest BCUT2D eigenvalue weighted by Crippen LogP contribution is -2.15. The summed E-state index contributed by atoms with van der Waals surface area (Å²) in [5.41, 5.74) is 0.989. The van der Waals surface area contributed by atoms with Crippen molar-refractivity contribution in [2.75, 3.05) is 13.2 Å². The topological polar surface area (TPSA) is 95.8 Å². The highest BCUT2D eigenvalue weighted by Crippen LogP contribution is 2.31. The van der Waals surface area contributed by atoms with Gasteiger partial charge in [-0.3, -0.25) is 0 Å². The van der Waals surface area contributed by atoms with Crippen LogP contribution in [0.5, 0.6) is 11.5 Å². The zero-order valence-corrected chi connectivity index (χ0v) is 17.5. The molecule has 0 bridgehead atoms. The zero-order valence-electron chi connectivity index (χ0n) is 13.7. The van der Waals surface area contributed by atoms with Crippen LogP contribution in [0.15, 0.2) is 18.2 Å². The average Bonchev–Trinajstić information content (AvgIpc) is 2.60. The minimum Gasteiger partial charge on any atom is -0.486 e. The molecule has 154 valence electrons. The first-order valence-electron chi connectivity index (χ1n) is 7.56. The Labute approximate surface area is 191 Å². The van der Waals surface area contributed by atoms with Gasteiger partial charge in [-0.2, -0.15) is 19.9 Å². The van der Waals surface area contributed by atoms with Crippen LogP contribution in [-0.2, 0) is 6.42 Å². The van der Waals surface area contributed by atoms with E-state index < -0.39 is 0 Å². The summed E-state index contributed by atoms with van der Waals surface area (Å²) in [5, 5.41) is 0.181. The molecular weight excluding hydrogens is 485 g/mol. The van der Waals surface area contributed by atoms with Gasteiger partial charge in [-0.05, 0) is 75.7 Å². The molecular formula is C16H13Cl5N6O2. The van der Waals surface area contributed by atoms with E-state index in [9.17, 15) is 0 Å². The molecule has 29 heavy (non-hydrogen) atoms. The first-order valence-corrected chi connectivity index (χ1v) is 9.45. The Bertz CT molecular complexity index is 923. The van der Waals surface area contributed by atoms with Gasteiger partial charge in [-0.15, -0.1) is 0 Å². The minimum absolute atomic E-state index is 0. The number of hydrogen-bond acceptors (Lipinski definition) is 8. The Kier molecular flexibility index (Phi) is 8.85. The quantitative estimate of drug-likeness (QED) is 0.487. The van der Waals surface area contributed by atoms with Gasteiger partial charge in [-0.25, -0.2) is 9.97 Å². The van der Waals surface area contributed by atoms with Crippen molar-refractivity contribution in [3.05, 3.63) is 56.0 Å². The second-order valence-corrected chi connectivity index (χ2v) is 6.78. The lowest BCUT2D eigenvalue weighted by atomic mass is 10.1. The smallest absolute Gasteiger partial charge is 0.227 e. The lowest BCUT2D eigenvalue weighted by molar-refractivity contribution is 0.171. The molecule has 2 aromatic heterocycles. The van der Waals surface area contributed by atoms with E-state index in [1.165, 1.54) is 0 Å². The highest BCUT2D eigenvalue weighted by molar-refractivity contribution is 6.33. The zero-order chi connectivity index (χ0) is 20.1. The molecule has 0 N–H and O–H groups in total. The van der Waals surface area contributed by atoms with Crippen LogP contribution in [0.2, 0.25) is 26.4 Å². The first-order chi connectivity index (χ1) is 13.4. The van der Waals surface area contributed by atoms with E-state index in [2.05, 4.69) is 29.9 Å². The fourth-order valence-electron chi connectivity index (χ4n) is 2.13. The highest BCUT2D eigenvalue weighted by atomic mass is 35.5. The summed E-state index contributed by atoms with van der Waals surface area (Å²) in [6.45, 7) is 1.13. The fraction of sp³-hybridized carbons (Fsp3) is 0.250. The first kappa shape index (κ1) is 23.6. The van der Waals surface area contributed by atoms with Crippen LogP contribution >= 0.6 is 58.0 Å². The SMILES string of the molecule is C.Clc1nc(Cl)nc(Cc2ccc3c(c2)OCCO3)n1.Clc1nc(Cl)nc(Cl)n1. The molecule has 1 aliphatic heterocycles. The Morgan fingerprint density at radius 3 is 1.62 bits per heavy atom. The maximum absolute atomic E-state index is 5.74. The summed E-state index contributed by atoms with van der Waals surface area (Å²) in [7, 11) is 0. The number of aromatic nitrogens is 6. The lowest BCUT2D eigenvalue weighted by Gasteiger charge is -2.18. The Morgan fingerprint density at radius 1 is 0.655 bits per heavy atom. The summed E-state index contributed by atoms with van der Waals surface area (Å²) >= 11 is 27.4. The highest BCUT2D eigenvalue weighted by Gasteiger charge is 2.13. The van der Waals surface area contributed by atoms with Gasteiger partial charge in [-0.1, -0.05) is 13.5 Å². The molecule has 0 fully saturated rings. The van der Waals surface area contributed by atoms with Gasteiger partial charge in [0.05, 0.1) is 0 Å². The molecule has 1 aliphatic rings. The van der Waals surface area contributed by atoms with Crippen molar-refractivity contribution < 1.29 is 9.47 Å². The summed E-state index contributed by atoms with van der Waals surface area (Å²) in [5.74, 6) is 2.00. The van der Waals surface area contributed by atoms with Crippen LogP contribution in [-0.4, -0.2) is 43.1 Å². The average molecular weight is 499 g/mol. The van der Waals surface area contributed by atoms with E-state index in [-0.39, 0.29) is 33.8 Å². The molecule has 0 saturated carbocycles. The maximum atomic E-state index is 5.74. The van der Waals surface area contributed by atoms with Gasteiger partial charge in [0, 0.05) is 6.42 Å². The number of benzene rings is 1. The van der Waals surface area contributed by atoms with Crippen molar-refractivity contribution in [3.63, 3.8) is 0 Å². The largest absolute Gasteiger partial charge is 0.486 e. The number of ether oxygens (including phenoxy) is 2. The summed E-state index contributed by atoms with van der Waals surface area (Å²) in [6, 6.07) is 5.70. The van der Waals surface area contributed by atoms with Crippen LogP contribution in [0.25, 0.3) is 0 Å². The van der Waals surface area contributed by atoms with Crippen molar-refractivity contribution in [1.82, 2.24) is 29.9 Å². The monoisotopic (exact) mass is 496 g/mol. The van der Waals surface area contributed by atoms with Gasteiger partial charge in [0.15, 0.2) is 11.5 Å². The van der Waals surface area contributed by atoms with Gasteiger partial charge >= 0.3 is 0 Å².